The first-order valence-electron chi connectivity index (χ1n) is 9.24. The van der Waals surface area contributed by atoms with Crippen LogP contribution in [0.1, 0.15) is 34.9 Å². The van der Waals surface area contributed by atoms with E-state index in [2.05, 4.69) is 29.4 Å². The van der Waals surface area contributed by atoms with Crippen LogP contribution in [0.5, 0.6) is 5.75 Å². The highest BCUT2D eigenvalue weighted by Crippen LogP contribution is 2.30. The summed E-state index contributed by atoms with van der Waals surface area (Å²) in [4.78, 5) is 13.6. The molecule has 1 aliphatic rings. The minimum absolute atomic E-state index is 0.0270. The van der Waals surface area contributed by atoms with Crippen LogP contribution in [0.3, 0.4) is 0 Å². The lowest BCUT2D eigenvalue weighted by atomic mass is 9.79. The number of phenols is 1. The lowest BCUT2D eigenvalue weighted by molar-refractivity contribution is 0.0997. The zero-order valence-corrected chi connectivity index (χ0v) is 15.5. The van der Waals surface area contributed by atoms with Crippen LogP contribution >= 0.6 is 0 Å². The number of nitrogens with zero attached hydrogens (tertiary/aromatic N) is 1. The van der Waals surface area contributed by atoms with Crippen molar-refractivity contribution in [3.8, 4) is 5.75 Å². The second-order valence-electron chi connectivity index (χ2n) is 7.32. The maximum absolute atomic E-state index is 11.3. The van der Waals surface area contributed by atoms with Gasteiger partial charge in [0.1, 0.15) is 5.75 Å². The van der Waals surface area contributed by atoms with E-state index in [-0.39, 0.29) is 11.3 Å². The number of aliphatic hydroxyl groups is 1. The number of anilines is 1. The summed E-state index contributed by atoms with van der Waals surface area (Å²) in [5.41, 5.74) is 7.05. The van der Waals surface area contributed by atoms with Crippen LogP contribution in [0.15, 0.2) is 48.5 Å². The van der Waals surface area contributed by atoms with Gasteiger partial charge in [-0.2, -0.15) is 0 Å². The van der Waals surface area contributed by atoms with Crippen molar-refractivity contribution in [1.82, 2.24) is 5.32 Å². The number of carbonyl (C=O) groups is 1. The molecular weight excluding hydrogens is 342 g/mol. The molecule has 0 bridgehead atoms. The summed E-state index contributed by atoms with van der Waals surface area (Å²) in [5, 5.41) is 23.4. The van der Waals surface area contributed by atoms with Crippen molar-refractivity contribution in [2.24, 2.45) is 11.7 Å². The molecule has 0 spiro atoms. The van der Waals surface area contributed by atoms with Gasteiger partial charge in [-0.3, -0.25) is 4.79 Å². The van der Waals surface area contributed by atoms with Crippen LogP contribution in [0.25, 0.3) is 0 Å². The second-order valence-corrected chi connectivity index (χ2v) is 7.32. The molecule has 1 fully saturated rings. The van der Waals surface area contributed by atoms with Crippen LogP contribution < -0.4 is 16.0 Å². The fourth-order valence-corrected chi connectivity index (χ4v) is 3.58. The van der Waals surface area contributed by atoms with E-state index in [1.807, 2.05) is 18.2 Å². The molecule has 1 saturated carbocycles. The molecule has 0 saturated heterocycles. The fraction of sp³-hybridized carbons (Fsp3) is 0.381. The average Bonchev–Trinajstić information content (AvgIpc) is 2.63. The Balaban J connectivity index is 1.43. The molecule has 6 heteroatoms. The van der Waals surface area contributed by atoms with Gasteiger partial charge in [0.2, 0.25) is 0 Å². The van der Waals surface area contributed by atoms with E-state index < -0.39 is 12.0 Å². The molecule has 0 radical (unpaired) electrons. The summed E-state index contributed by atoms with van der Waals surface area (Å²) in [5.74, 6) is -0.241. The van der Waals surface area contributed by atoms with E-state index in [0.29, 0.717) is 24.1 Å². The third kappa shape index (κ3) is 4.78. The first-order chi connectivity index (χ1) is 12.9. The Hall–Kier alpha value is -2.57. The predicted molar refractivity (Wildman–Crippen MR) is 106 cm³/mol. The average molecular weight is 369 g/mol. The van der Waals surface area contributed by atoms with Crippen LogP contribution in [0.4, 0.5) is 5.69 Å². The van der Waals surface area contributed by atoms with Gasteiger partial charge < -0.3 is 26.2 Å². The quantitative estimate of drug-likeness (QED) is 0.571. The SMILES string of the molecule is CN(CC1CC(NCC(O)c2ccc(O)c(C(N)=O)c2)C1)c1ccccc1. The number of rotatable bonds is 8. The highest BCUT2D eigenvalue weighted by atomic mass is 16.3. The number of benzene rings is 2. The zero-order valence-electron chi connectivity index (χ0n) is 15.5. The monoisotopic (exact) mass is 369 g/mol. The number of hydrogen-bond acceptors (Lipinski definition) is 5. The topological polar surface area (TPSA) is 98.8 Å². The molecule has 1 aliphatic carbocycles. The van der Waals surface area contributed by atoms with Crippen LogP contribution in [-0.4, -0.2) is 42.3 Å². The van der Waals surface area contributed by atoms with Gasteiger partial charge in [-0.1, -0.05) is 24.3 Å². The van der Waals surface area contributed by atoms with Gasteiger partial charge in [0.05, 0.1) is 11.7 Å². The predicted octanol–water partition coefficient (Wildman–Crippen LogP) is 2.03. The lowest BCUT2D eigenvalue weighted by Gasteiger charge is -2.39. The number of nitrogens with one attached hydrogen (secondary N) is 1. The number of nitrogens with two attached hydrogens (primary N) is 1. The number of aromatic hydroxyl groups is 1. The summed E-state index contributed by atoms with van der Waals surface area (Å²) in [6.45, 7) is 1.42. The maximum Gasteiger partial charge on any atom is 0.252 e. The Morgan fingerprint density at radius 2 is 1.96 bits per heavy atom. The Bertz CT molecular complexity index is 775. The third-order valence-electron chi connectivity index (χ3n) is 5.24. The molecule has 144 valence electrons. The van der Waals surface area contributed by atoms with E-state index >= 15 is 0 Å². The minimum Gasteiger partial charge on any atom is -0.507 e. The first-order valence-corrected chi connectivity index (χ1v) is 9.24. The number of para-hydroxylation sites is 1. The smallest absolute Gasteiger partial charge is 0.252 e. The number of aliphatic hydroxyl groups excluding tert-OH is 1. The van der Waals surface area contributed by atoms with E-state index in [4.69, 9.17) is 5.73 Å². The number of primary amides is 1. The van der Waals surface area contributed by atoms with Gasteiger partial charge in [-0.25, -0.2) is 0 Å². The van der Waals surface area contributed by atoms with Crippen LogP contribution in [-0.2, 0) is 0 Å². The Morgan fingerprint density at radius 3 is 2.63 bits per heavy atom. The highest BCUT2D eigenvalue weighted by Gasteiger charge is 2.30. The van der Waals surface area contributed by atoms with Crippen molar-refractivity contribution in [2.75, 3.05) is 25.0 Å². The molecule has 2 aromatic carbocycles. The van der Waals surface area contributed by atoms with Crippen LogP contribution in [0.2, 0.25) is 0 Å². The summed E-state index contributed by atoms with van der Waals surface area (Å²) >= 11 is 0. The van der Waals surface area contributed by atoms with Crippen LogP contribution in [0, 0.1) is 5.92 Å². The van der Waals surface area contributed by atoms with Gasteiger partial charge in [0.25, 0.3) is 5.91 Å². The number of hydrogen-bond donors (Lipinski definition) is 4. The summed E-state index contributed by atoms with van der Waals surface area (Å²) in [6.07, 6.45) is 1.40. The third-order valence-corrected chi connectivity index (χ3v) is 5.24. The van der Waals surface area contributed by atoms with Crippen molar-refractivity contribution >= 4 is 11.6 Å². The standard InChI is InChI=1S/C21H27N3O3/c1-24(17-5-3-2-4-6-17)13-14-9-16(10-14)23-12-20(26)15-7-8-19(25)18(11-15)21(22)27/h2-8,11,14,16,20,23,25-26H,9-10,12-13H2,1H3,(H2,22,27). The molecule has 27 heavy (non-hydrogen) atoms. The first kappa shape index (κ1) is 19.2. The van der Waals surface area contributed by atoms with Gasteiger partial charge in [-0.15, -0.1) is 0 Å². The Morgan fingerprint density at radius 1 is 1.26 bits per heavy atom. The molecule has 2 aromatic rings. The largest absolute Gasteiger partial charge is 0.507 e. The molecule has 0 aliphatic heterocycles. The molecule has 5 N–H and O–H groups in total. The normalized spacial score (nSPS) is 19.9. The molecule has 3 rings (SSSR count). The van der Waals surface area contributed by atoms with Gasteiger partial charge in [-0.05, 0) is 48.6 Å². The zero-order chi connectivity index (χ0) is 19.4. The highest BCUT2D eigenvalue weighted by molar-refractivity contribution is 5.95. The van der Waals surface area contributed by atoms with Crippen molar-refractivity contribution in [3.63, 3.8) is 0 Å². The molecule has 0 heterocycles. The van der Waals surface area contributed by atoms with Crippen molar-refractivity contribution < 1.29 is 15.0 Å². The lowest BCUT2D eigenvalue weighted by Crippen LogP contribution is -2.46. The molecule has 1 unspecified atom stereocenters. The van der Waals surface area contributed by atoms with E-state index in [0.717, 1.165) is 19.4 Å². The van der Waals surface area contributed by atoms with Crippen molar-refractivity contribution in [2.45, 2.75) is 25.0 Å². The van der Waals surface area contributed by atoms with Gasteiger partial charge in [0, 0.05) is 31.9 Å². The summed E-state index contributed by atoms with van der Waals surface area (Å²) < 4.78 is 0. The fourth-order valence-electron chi connectivity index (χ4n) is 3.58. The minimum atomic E-state index is -0.755. The number of amides is 1. The molecule has 1 amide bonds. The van der Waals surface area contributed by atoms with Gasteiger partial charge >= 0.3 is 0 Å². The second kappa shape index (κ2) is 8.41. The van der Waals surface area contributed by atoms with Crippen molar-refractivity contribution in [1.29, 1.82) is 0 Å². The molecular formula is C21H27N3O3. The van der Waals surface area contributed by atoms with E-state index in [1.165, 1.54) is 17.8 Å². The van der Waals surface area contributed by atoms with E-state index in [9.17, 15) is 15.0 Å². The summed E-state index contributed by atoms with van der Waals surface area (Å²) in [7, 11) is 2.11. The Labute approximate surface area is 159 Å². The Kier molecular flexibility index (Phi) is 5.98. The van der Waals surface area contributed by atoms with Gasteiger partial charge in [0.15, 0.2) is 0 Å². The maximum atomic E-state index is 11.3. The van der Waals surface area contributed by atoms with Crippen molar-refractivity contribution in [3.05, 3.63) is 59.7 Å². The molecule has 0 aromatic heterocycles. The number of carbonyl (C=O) groups excluding carboxylic acids is 1. The molecule has 6 nitrogen and oxygen atoms in total. The van der Waals surface area contributed by atoms with E-state index in [1.54, 1.807) is 6.07 Å². The molecule has 1 atom stereocenters. The summed E-state index contributed by atoms with van der Waals surface area (Å²) in [6, 6.07) is 15.2.